The topological polar surface area (TPSA) is 86.8 Å². The number of hydrogen-bond donors (Lipinski definition) is 1. The van der Waals surface area contributed by atoms with Crippen LogP contribution in [-0.2, 0) is 26.0 Å². The maximum atomic E-state index is 14.2. The lowest BCUT2D eigenvalue weighted by Crippen LogP contribution is -2.54. The summed E-state index contributed by atoms with van der Waals surface area (Å²) in [4.78, 5) is 29.5. The van der Waals surface area contributed by atoms with Crippen molar-refractivity contribution in [3.05, 3.63) is 94.5 Å². The van der Waals surface area contributed by atoms with Crippen LogP contribution in [0.4, 0.5) is 5.69 Å². The molecule has 1 N–H and O–H groups in total. The number of hydrogen-bond acceptors (Lipinski definition) is 4. The molecule has 0 aromatic heterocycles. The zero-order valence-corrected chi connectivity index (χ0v) is 26.8. The zero-order chi connectivity index (χ0) is 31.0. The highest BCUT2D eigenvalue weighted by atomic mass is 35.5. The molecule has 3 aromatic rings. The summed E-state index contributed by atoms with van der Waals surface area (Å²) in [5.41, 5.74) is 3.33. The molecule has 9 heteroatoms. The summed E-state index contributed by atoms with van der Waals surface area (Å²) in [7, 11) is -4.14. The van der Waals surface area contributed by atoms with Gasteiger partial charge in [0.15, 0.2) is 0 Å². The van der Waals surface area contributed by atoms with E-state index in [1.165, 1.54) is 30.7 Å². The molecule has 0 saturated heterocycles. The average Bonchev–Trinajstić information content (AvgIpc) is 3.00. The van der Waals surface area contributed by atoms with Crippen LogP contribution in [0.3, 0.4) is 0 Å². The molecule has 1 saturated carbocycles. The number of carbonyl (C=O) groups excluding carboxylic acids is 2. The van der Waals surface area contributed by atoms with Crippen molar-refractivity contribution in [3.63, 3.8) is 0 Å². The number of carbonyl (C=O) groups is 2. The van der Waals surface area contributed by atoms with E-state index in [0.717, 1.165) is 46.7 Å². The molecule has 1 fully saturated rings. The summed E-state index contributed by atoms with van der Waals surface area (Å²) in [6, 6.07) is 20.4. The van der Waals surface area contributed by atoms with Crippen LogP contribution < -0.4 is 9.62 Å². The Morgan fingerprint density at radius 3 is 2.23 bits per heavy atom. The van der Waals surface area contributed by atoms with Crippen LogP contribution >= 0.6 is 11.6 Å². The second kappa shape index (κ2) is 14.9. The van der Waals surface area contributed by atoms with Crippen LogP contribution in [0.5, 0.6) is 0 Å². The van der Waals surface area contributed by atoms with Crippen LogP contribution in [0.2, 0.25) is 5.02 Å². The van der Waals surface area contributed by atoms with E-state index in [1.54, 1.807) is 17.0 Å². The molecule has 0 heterocycles. The van der Waals surface area contributed by atoms with Gasteiger partial charge in [-0.15, -0.1) is 0 Å². The van der Waals surface area contributed by atoms with Crippen molar-refractivity contribution in [1.82, 2.24) is 10.2 Å². The number of rotatable bonds is 12. The Kier molecular flexibility index (Phi) is 11.3. The summed E-state index contributed by atoms with van der Waals surface area (Å²) in [5, 5.41) is 3.60. The van der Waals surface area contributed by atoms with Gasteiger partial charge in [-0.1, -0.05) is 74.2 Å². The third-order valence-electron chi connectivity index (χ3n) is 8.28. The SMILES string of the molecule is CC[C@@H](C(=O)NC1CCCCC1)N(CCc1ccccc1)C(=O)CN(c1ccc(C)c(C)c1)S(=O)(=O)c1ccc(Cl)cc1. The first kappa shape index (κ1) is 32.6. The molecular formula is C34H42ClN3O4S. The van der Waals surface area contributed by atoms with Crippen molar-refractivity contribution < 1.29 is 18.0 Å². The minimum absolute atomic E-state index is 0.0286. The summed E-state index contributed by atoms with van der Waals surface area (Å²) in [6.45, 7) is 5.57. The number of benzene rings is 3. The average molecular weight is 624 g/mol. The Balaban J connectivity index is 1.68. The van der Waals surface area contributed by atoms with Crippen LogP contribution in [-0.4, -0.2) is 50.3 Å². The van der Waals surface area contributed by atoms with E-state index in [9.17, 15) is 18.0 Å². The Hall–Kier alpha value is -3.36. The van der Waals surface area contributed by atoms with Gasteiger partial charge < -0.3 is 10.2 Å². The molecule has 0 aliphatic heterocycles. The smallest absolute Gasteiger partial charge is 0.264 e. The van der Waals surface area contributed by atoms with Crippen molar-refractivity contribution in [2.75, 3.05) is 17.4 Å². The van der Waals surface area contributed by atoms with E-state index in [0.29, 0.717) is 23.6 Å². The number of halogens is 1. The van der Waals surface area contributed by atoms with Crippen molar-refractivity contribution in [2.45, 2.75) is 82.7 Å². The molecule has 230 valence electrons. The Morgan fingerprint density at radius 2 is 1.60 bits per heavy atom. The van der Waals surface area contributed by atoms with Gasteiger partial charge in [0.25, 0.3) is 10.0 Å². The lowest BCUT2D eigenvalue weighted by molar-refractivity contribution is -0.140. The highest BCUT2D eigenvalue weighted by Crippen LogP contribution is 2.27. The van der Waals surface area contributed by atoms with Gasteiger partial charge in [-0.3, -0.25) is 13.9 Å². The molecule has 1 aliphatic carbocycles. The lowest BCUT2D eigenvalue weighted by Gasteiger charge is -2.34. The molecule has 2 amide bonds. The molecule has 0 radical (unpaired) electrons. The number of sulfonamides is 1. The maximum absolute atomic E-state index is 14.2. The first-order chi connectivity index (χ1) is 20.6. The Labute approximate surface area is 261 Å². The fraction of sp³-hybridized carbons (Fsp3) is 0.412. The minimum atomic E-state index is -4.14. The molecule has 0 bridgehead atoms. The van der Waals surface area contributed by atoms with Gasteiger partial charge in [0.2, 0.25) is 11.8 Å². The summed E-state index contributed by atoms with van der Waals surface area (Å²) < 4.78 is 29.2. The predicted octanol–water partition coefficient (Wildman–Crippen LogP) is 6.45. The van der Waals surface area contributed by atoms with Crippen molar-refractivity contribution in [1.29, 1.82) is 0 Å². The zero-order valence-electron chi connectivity index (χ0n) is 25.3. The van der Waals surface area contributed by atoms with Crippen LogP contribution in [0.25, 0.3) is 0 Å². The molecule has 43 heavy (non-hydrogen) atoms. The number of nitrogens with one attached hydrogen (secondary N) is 1. The number of anilines is 1. The van der Waals surface area contributed by atoms with Crippen LogP contribution in [0.15, 0.2) is 77.7 Å². The Morgan fingerprint density at radius 1 is 0.930 bits per heavy atom. The van der Waals surface area contributed by atoms with Gasteiger partial charge in [0.05, 0.1) is 10.6 Å². The number of nitrogens with zero attached hydrogens (tertiary/aromatic N) is 2. The lowest BCUT2D eigenvalue weighted by atomic mass is 9.95. The van der Waals surface area contributed by atoms with Gasteiger partial charge in [0, 0.05) is 17.6 Å². The van der Waals surface area contributed by atoms with Gasteiger partial charge in [-0.2, -0.15) is 0 Å². The highest BCUT2D eigenvalue weighted by Gasteiger charge is 2.34. The van der Waals surface area contributed by atoms with Gasteiger partial charge in [-0.05, 0) is 92.6 Å². The molecule has 1 atom stereocenters. The molecule has 7 nitrogen and oxygen atoms in total. The van der Waals surface area contributed by atoms with Crippen LogP contribution in [0, 0.1) is 13.8 Å². The van der Waals surface area contributed by atoms with E-state index in [-0.39, 0.29) is 23.4 Å². The van der Waals surface area contributed by atoms with E-state index in [4.69, 9.17) is 11.6 Å². The van der Waals surface area contributed by atoms with E-state index >= 15 is 0 Å². The third kappa shape index (κ3) is 8.39. The second-order valence-electron chi connectivity index (χ2n) is 11.3. The minimum Gasteiger partial charge on any atom is -0.352 e. The van der Waals surface area contributed by atoms with Gasteiger partial charge in [0.1, 0.15) is 12.6 Å². The standard InChI is InChI=1S/C34H42ClN3O4S/c1-4-32(34(40)36-29-13-9-6-10-14-29)37(22-21-27-11-7-5-8-12-27)33(39)24-38(30-18-15-25(2)26(3)23-30)43(41,42)31-19-16-28(35)17-20-31/h5,7-8,11-12,15-20,23,29,32H,4,6,9-10,13-14,21-22,24H2,1-3H3,(H,36,40)/t32-/m0/s1. The van der Waals surface area contributed by atoms with E-state index < -0.39 is 28.5 Å². The molecule has 1 aliphatic rings. The second-order valence-corrected chi connectivity index (χ2v) is 13.6. The number of amides is 2. The molecule has 0 unspecified atom stereocenters. The van der Waals surface area contributed by atoms with Gasteiger partial charge in [-0.25, -0.2) is 8.42 Å². The van der Waals surface area contributed by atoms with E-state index in [1.807, 2.05) is 57.2 Å². The van der Waals surface area contributed by atoms with Crippen molar-refractivity contribution in [3.8, 4) is 0 Å². The van der Waals surface area contributed by atoms with Crippen LogP contribution in [0.1, 0.15) is 62.1 Å². The van der Waals surface area contributed by atoms with Crippen molar-refractivity contribution in [2.24, 2.45) is 0 Å². The summed E-state index contributed by atoms with van der Waals surface area (Å²) in [6.07, 6.45) is 6.12. The first-order valence-corrected chi connectivity index (χ1v) is 16.9. The summed E-state index contributed by atoms with van der Waals surface area (Å²) in [5.74, 6) is -0.619. The molecule has 0 spiro atoms. The Bertz CT molecular complexity index is 1490. The largest absolute Gasteiger partial charge is 0.352 e. The molecule has 3 aromatic carbocycles. The highest BCUT2D eigenvalue weighted by molar-refractivity contribution is 7.92. The maximum Gasteiger partial charge on any atom is 0.264 e. The van der Waals surface area contributed by atoms with E-state index in [2.05, 4.69) is 5.32 Å². The molecular weight excluding hydrogens is 582 g/mol. The summed E-state index contributed by atoms with van der Waals surface area (Å²) >= 11 is 6.05. The number of aryl methyl sites for hydroxylation is 2. The first-order valence-electron chi connectivity index (χ1n) is 15.1. The van der Waals surface area contributed by atoms with Gasteiger partial charge >= 0.3 is 0 Å². The predicted molar refractivity (Wildman–Crippen MR) is 173 cm³/mol. The third-order valence-corrected chi connectivity index (χ3v) is 10.3. The monoisotopic (exact) mass is 623 g/mol. The van der Waals surface area contributed by atoms with Crippen molar-refractivity contribution >= 4 is 39.1 Å². The fourth-order valence-electron chi connectivity index (χ4n) is 5.58. The normalized spacial score (nSPS) is 14.6. The quantitative estimate of drug-likeness (QED) is 0.251. The molecule has 4 rings (SSSR count). The fourth-order valence-corrected chi connectivity index (χ4v) is 7.12.